The van der Waals surface area contributed by atoms with E-state index >= 15 is 0 Å². The molecule has 0 aliphatic carbocycles. The zero-order valence-corrected chi connectivity index (χ0v) is 14.3. The lowest BCUT2D eigenvalue weighted by atomic mass is 9.84. The van der Waals surface area contributed by atoms with E-state index in [0.29, 0.717) is 6.54 Å². The molecule has 0 aromatic heterocycles. The third kappa shape index (κ3) is 3.48. The summed E-state index contributed by atoms with van der Waals surface area (Å²) < 4.78 is 0. The van der Waals surface area contributed by atoms with Gasteiger partial charge in [0.15, 0.2) is 0 Å². The fraction of sp³-hybridized carbons (Fsp3) is 0.227. The summed E-state index contributed by atoms with van der Waals surface area (Å²) in [6.07, 6.45) is 0.835. The highest BCUT2D eigenvalue weighted by Gasteiger charge is 2.28. The Labute approximate surface area is 143 Å². The number of fused-ring (bicyclic) bond motifs is 1. The third-order valence-corrected chi connectivity index (χ3v) is 4.58. The minimum absolute atomic E-state index is 0.0643. The molecule has 122 valence electrons. The number of amides is 1. The van der Waals surface area contributed by atoms with Gasteiger partial charge in [-0.25, -0.2) is 0 Å². The van der Waals surface area contributed by atoms with E-state index in [2.05, 4.69) is 41.7 Å². The third-order valence-electron chi connectivity index (χ3n) is 4.58. The first-order chi connectivity index (χ1) is 11.6. The first-order valence-electron chi connectivity index (χ1n) is 8.39. The van der Waals surface area contributed by atoms with Gasteiger partial charge in [-0.15, -0.1) is 0 Å². The highest BCUT2D eigenvalue weighted by atomic mass is 16.2. The van der Waals surface area contributed by atoms with Gasteiger partial charge in [0.25, 0.3) is 0 Å². The highest BCUT2D eigenvalue weighted by molar-refractivity contribution is 5.87. The minimum Gasteiger partial charge on any atom is -0.355 e. The van der Waals surface area contributed by atoms with Gasteiger partial charge in [-0.3, -0.25) is 4.79 Å². The Kier molecular flexibility index (Phi) is 4.66. The van der Waals surface area contributed by atoms with Gasteiger partial charge in [0.2, 0.25) is 5.91 Å². The summed E-state index contributed by atoms with van der Waals surface area (Å²) in [5.41, 5.74) is 1.75. The van der Waals surface area contributed by atoms with E-state index < -0.39 is 5.41 Å². The summed E-state index contributed by atoms with van der Waals surface area (Å²) >= 11 is 0. The van der Waals surface area contributed by atoms with Gasteiger partial charge in [0.1, 0.15) is 0 Å². The molecule has 0 aliphatic rings. The van der Waals surface area contributed by atoms with Gasteiger partial charge in [0, 0.05) is 6.54 Å². The van der Waals surface area contributed by atoms with Crippen molar-refractivity contribution in [1.29, 1.82) is 0 Å². The van der Waals surface area contributed by atoms with Gasteiger partial charge < -0.3 is 5.32 Å². The van der Waals surface area contributed by atoms with Crippen LogP contribution in [0, 0.1) is 0 Å². The molecule has 0 atom stereocenters. The molecule has 0 saturated heterocycles. The maximum absolute atomic E-state index is 12.6. The monoisotopic (exact) mass is 317 g/mol. The van der Waals surface area contributed by atoms with Gasteiger partial charge in [-0.05, 0) is 42.2 Å². The number of hydrogen-bond acceptors (Lipinski definition) is 1. The molecule has 0 heterocycles. The van der Waals surface area contributed by atoms with Crippen LogP contribution >= 0.6 is 0 Å². The molecule has 1 N–H and O–H groups in total. The summed E-state index contributed by atoms with van der Waals surface area (Å²) in [5.74, 6) is 0.0643. The Morgan fingerprint density at radius 3 is 2.29 bits per heavy atom. The second-order valence-corrected chi connectivity index (χ2v) is 6.68. The number of carbonyl (C=O) groups is 1. The van der Waals surface area contributed by atoms with Crippen molar-refractivity contribution in [2.75, 3.05) is 6.54 Å². The molecule has 0 unspecified atom stereocenters. The average Bonchev–Trinajstić information content (AvgIpc) is 2.62. The van der Waals surface area contributed by atoms with Crippen LogP contribution in [0.1, 0.15) is 25.0 Å². The second-order valence-electron chi connectivity index (χ2n) is 6.68. The molecule has 0 aliphatic heterocycles. The quantitative estimate of drug-likeness (QED) is 0.739. The first-order valence-corrected chi connectivity index (χ1v) is 8.39. The maximum Gasteiger partial charge on any atom is 0.230 e. The molecule has 3 rings (SSSR count). The average molecular weight is 317 g/mol. The lowest BCUT2D eigenvalue weighted by molar-refractivity contribution is -0.125. The van der Waals surface area contributed by atoms with E-state index in [1.165, 1.54) is 16.3 Å². The van der Waals surface area contributed by atoms with Crippen LogP contribution in [0.3, 0.4) is 0 Å². The van der Waals surface area contributed by atoms with E-state index in [9.17, 15) is 4.79 Å². The molecule has 0 radical (unpaired) electrons. The standard InChI is InChI=1S/C22H23NO/c1-22(2,20-10-4-3-5-11-20)21(24)23-15-14-17-12-13-18-8-6-7-9-19(18)16-17/h3-13,16H,14-15H2,1-2H3,(H,23,24). The normalized spacial score (nSPS) is 11.4. The number of rotatable bonds is 5. The van der Waals surface area contributed by atoms with Crippen LogP contribution in [0.25, 0.3) is 10.8 Å². The SMILES string of the molecule is CC(C)(C(=O)NCCc1ccc2ccccc2c1)c1ccccc1. The fourth-order valence-electron chi connectivity index (χ4n) is 2.92. The molecule has 3 aromatic carbocycles. The molecule has 2 nitrogen and oxygen atoms in total. The second kappa shape index (κ2) is 6.88. The Morgan fingerprint density at radius 1 is 0.875 bits per heavy atom. The lowest BCUT2D eigenvalue weighted by Crippen LogP contribution is -2.40. The fourth-order valence-corrected chi connectivity index (χ4v) is 2.92. The van der Waals surface area contributed by atoms with Crippen molar-refractivity contribution in [3.05, 3.63) is 83.9 Å². The molecular weight excluding hydrogens is 294 g/mol. The van der Waals surface area contributed by atoms with Crippen LogP contribution in [0.2, 0.25) is 0 Å². The molecule has 0 bridgehead atoms. The molecule has 0 fully saturated rings. The predicted molar refractivity (Wildman–Crippen MR) is 100 cm³/mol. The topological polar surface area (TPSA) is 29.1 Å². The van der Waals surface area contributed by atoms with Crippen molar-refractivity contribution in [3.63, 3.8) is 0 Å². The van der Waals surface area contributed by atoms with Crippen molar-refractivity contribution < 1.29 is 4.79 Å². The van der Waals surface area contributed by atoms with Crippen molar-refractivity contribution >= 4 is 16.7 Å². The summed E-state index contributed by atoms with van der Waals surface area (Å²) in [5, 5.41) is 5.57. The largest absolute Gasteiger partial charge is 0.355 e. The van der Waals surface area contributed by atoms with Crippen molar-refractivity contribution in [2.24, 2.45) is 0 Å². The van der Waals surface area contributed by atoms with Gasteiger partial charge >= 0.3 is 0 Å². The Balaban J connectivity index is 1.61. The van der Waals surface area contributed by atoms with E-state index in [-0.39, 0.29) is 5.91 Å². The van der Waals surface area contributed by atoms with Crippen molar-refractivity contribution in [3.8, 4) is 0 Å². The molecule has 3 aromatic rings. The van der Waals surface area contributed by atoms with Crippen molar-refractivity contribution in [1.82, 2.24) is 5.32 Å². The van der Waals surface area contributed by atoms with Crippen LogP contribution in [-0.2, 0) is 16.6 Å². The smallest absolute Gasteiger partial charge is 0.230 e. The molecule has 0 saturated carbocycles. The van der Waals surface area contributed by atoms with Gasteiger partial charge in [-0.2, -0.15) is 0 Å². The maximum atomic E-state index is 12.6. The minimum atomic E-state index is -0.523. The van der Waals surface area contributed by atoms with Crippen LogP contribution in [0.5, 0.6) is 0 Å². The summed E-state index contributed by atoms with van der Waals surface area (Å²) in [7, 11) is 0. The van der Waals surface area contributed by atoms with E-state index in [0.717, 1.165) is 12.0 Å². The Bertz CT molecular complexity index is 837. The lowest BCUT2D eigenvalue weighted by Gasteiger charge is -2.24. The molecular formula is C22H23NO. The van der Waals surface area contributed by atoms with Crippen LogP contribution in [0.4, 0.5) is 0 Å². The van der Waals surface area contributed by atoms with Crippen LogP contribution < -0.4 is 5.32 Å². The molecule has 24 heavy (non-hydrogen) atoms. The Morgan fingerprint density at radius 2 is 1.54 bits per heavy atom. The van der Waals surface area contributed by atoms with E-state index in [1.54, 1.807) is 0 Å². The molecule has 0 spiro atoms. The highest BCUT2D eigenvalue weighted by Crippen LogP contribution is 2.23. The Hall–Kier alpha value is -2.61. The van der Waals surface area contributed by atoms with Crippen molar-refractivity contribution in [2.45, 2.75) is 25.7 Å². The molecule has 1 amide bonds. The predicted octanol–water partition coefficient (Wildman–Crippen LogP) is 4.48. The van der Waals surface area contributed by atoms with E-state index in [1.807, 2.05) is 50.2 Å². The molecule has 2 heteroatoms. The summed E-state index contributed by atoms with van der Waals surface area (Å²) in [6.45, 7) is 4.58. The number of hydrogen-bond donors (Lipinski definition) is 1. The zero-order valence-electron chi connectivity index (χ0n) is 14.3. The van der Waals surface area contributed by atoms with Crippen LogP contribution in [0.15, 0.2) is 72.8 Å². The van der Waals surface area contributed by atoms with Gasteiger partial charge in [-0.1, -0.05) is 72.8 Å². The van der Waals surface area contributed by atoms with E-state index in [4.69, 9.17) is 0 Å². The van der Waals surface area contributed by atoms with Crippen LogP contribution in [-0.4, -0.2) is 12.5 Å². The summed E-state index contributed by atoms with van der Waals surface area (Å²) in [4.78, 5) is 12.6. The first kappa shape index (κ1) is 16.3. The zero-order chi connectivity index (χ0) is 17.0. The number of benzene rings is 3. The number of carbonyl (C=O) groups excluding carboxylic acids is 1. The number of nitrogens with one attached hydrogen (secondary N) is 1. The van der Waals surface area contributed by atoms with Gasteiger partial charge in [0.05, 0.1) is 5.41 Å². The summed E-state index contributed by atoms with van der Waals surface area (Å²) in [6, 6.07) is 24.7.